The number of rotatable bonds is 1. The summed E-state index contributed by atoms with van der Waals surface area (Å²) in [7, 11) is 0. The van der Waals surface area contributed by atoms with Crippen molar-refractivity contribution in [3.8, 4) is 0 Å². The average Bonchev–Trinajstić information content (AvgIpc) is 2.78. The van der Waals surface area contributed by atoms with Crippen LogP contribution in [0.15, 0.2) is 0 Å². The molecule has 3 unspecified atom stereocenters. The molecular formula is C11H18N2O2. The van der Waals surface area contributed by atoms with E-state index in [1.165, 1.54) is 12.8 Å². The minimum absolute atomic E-state index is 0.0709. The Labute approximate surface area is 90.0 Å². The van der Waals surface area contributed by atoms with Crippen LogP contribution in [0, 0.1) is 0 Å². The lowest BCUT2D eigenvalue weighted by Crippen LogP contribution is -2.49. The van der Waals surface area contributed by atoms with Crippen molar-refractivity contribution in [2.75, 3.05) is 13.1 Å². The maximum absolute atomic E-state index is 11.8. The normalized spacial score (nSPS) is 40.4. The lowest BCUT2D eigenvalue weighted by Gasteiger charge is -2.33. The highest BCUT2D eigenvalue weighted by Crippen LogP contribution is 2.35. The van der Waals surface area contributed by atoms with E-state index < -0.39 is 0 Å². The number of hydrogen-bond donors (Lipinski definition) is 1. The molecule has 15 heavy (non-hydrogen) atoms. The lowest BCUT2D eigenvalue weighted by atomic mass is 10.0. The van der Waals surface area contributed by atoms with Gasteiger partial charge in [0.2, 0.25) is 0 Å². The van der Waals surface area contributed by atoms with Gasteiger partial charge in [-0.1, -0.05) is 0 Å². The van der Waals surface area contributed by atoms with Gasteiger partial charge in [0, 0.05) is 12.6 Å². The van der Waals surface area contributed by atoms with Gasteiger partial charge in [-0.2, -0.15) is 0 Å². The molecule has 3 atom stereocenters. The molecule has 2 heterocycles. The second-order valence-electron chi connectivity index (χ2n) is 4.83. The van der Waals surface area contributed by atoms with E-state index in [0.29, 0.717) is 12.1 Å². The zero-order valence-corrected chi connectivity index (χ0v) is 8.95. The monoisotopic (exact) mass is 210 g/mol. The van der Waals surface area contributed by atoms with Crippen LogP contribution in [0.4, 0.5) is 4.79 Å². The Kier molecular flexibility index (Phi) is 2.31. The molecular weight excluding hydrogens is 192 g/mol. The first-order valence-electron chi connectivity index (χ1n) is 6.06. The van der Waals surface area contributed by atoms with Gasteiger partial charge in [0.1, 0.15) is 6.10 Å². The SMILES string of the molecule is O=C1OC2CCCC2N1C1CCCNC1. The fourth-order valence-electron chi connectivity index (χ4n) is 3.18. The summed E-state index contributed by atoms with van der Waals surface area (Å²) in [5, 5.41) is 3.36. The molecule has 4 heteroatoms. The van der Waals surface area contributed by atoms with Crippen molar-refractivity contribution in [2.45, 2.75) is 50.3 Å². The number of nitrogens with one attached hydrogen (secondary N) is 1. The Morgan fingerprint density at radius 3 is 3.00 bits per heavy atom. The summed E-state index contributed by atoms with van der Waals surface area (Å²) in [5.74, 6) is 0. The van der Waals surface area contributed by atoms with Crippen molar-refractivity contribution in [1.82, 2.24) is 10.2 Å². The Balaban J connectivity index is 1.75. The van der Waals surface area contributed by atoms with Crippen molar-refractivity contribution in [1.29, 1.82) is 0 Å². The summed E-state index contributed by atoms with van der Waals surface area (Å²) in [5.41, 5.74) is 0. The third kappa shape index (κ3) is 1.51. The van der Waals surface area contributed by atoms with E-state index in [1.54, 1.807) is 0 Å². The minimum Gasteiger partial charge on any atom is -0.444 e. The first-order chi connectivity index (χ1) is 7.36. The number of hydrogen-bond acceptors (Lipinski definition) is 3. The van der Waals surface area contributed by atoms with Crippen molar-refractivity contribution in [2.24, 2.45) is 0 Å². The molecule has 2 saturated heterocycles. The number of piperidine rings is 1. The van der Waals surface area contributed by atoms with Gasteiger partial charge in [0.05, 0.1) is 6.04 Å². The fourth-order valence-corrected chi connectivity index (χ4v) is 3.18. The molecule has 0 bridgehead atoms. The average molecular weight is 210 g/mol. The second kappa shape index (κ2) is 3.67. The van der Waals surface area contributed by atoms with Gasteiger partial charge in [-0.15, -0.1) is 0 Å². The topological polar surface area (TPSA) is 41.6 Å². The van der Waals surface area contributed by atoms with Crippen molar-refractivity contribution in [3.05, 3.63) is 0 Å². The Morgan fingerprint density at radius 1 is 1.27 bits per heavy atom. The molecule has 3 aliphatic rings. The van der Waals surface area contributed by atoms with E-state index in [0.717, 1.165) is 32.4 Å². The molecule has 0 radical (unpaired) electrons. The van der Waals surface area contributed by atoms with E-state index in [1.807, 2.05) is 4.90 Å². The van der Waals surface area contributed by atoms with E-state index in [-0.39, 0.29) is 12.2 Å². The third-order valence-electron chi connectivity index (χ3n) is 3.90. The molecule has 1 saturated carbocycles. The molecule has 84 valence electrons. The Hall–Kier alpha value is -0.770. The number of ether oxygens (including phenoxy) is 1. The van der Waals surface area contributed by atoms with Crippen molar-refractivity contribution >= 4 is 6.09 Å². The highest BCUT2D eigenvalue weighted by atomic mass is 16.6. The van der Waals surface area contributed by atoms with Crippen LogP contribution in [0.25, 0.3) is 0 Å². The molecule has 3 rings (SSSR count). The molecule has 0 aromatic rings. The largest absolute Gasteiger partial charge is 0.444 e. The van der Waals surface area contributed by atoms with E-state index in [9.17, 15) is 4.79 Å². The predicted octanol–water partition coefficient (Wildman–Crippen LogP) is 1.11. The first-order valence-corrected chi connectivity index (χ1v) is 6.06. The van der Waals surface area contributed by atoms with E-state index >= 15 is 0 Å². The number of amides is 1. The molecule has 0 aromatic heterocycles. The first kappa shape index (κ1) is 9.46. The van der Waals surface area contributed by atoms with Crippen LogP contribution in [0.1, 0.15) is 32.1 Å². The summed E-state index contributed by atoms with van der Waals surface area (Å²) in [6.07, 6.45) is 5.83. The molecule has 0 spiro atoms. The standard InChI is InChI=1S/C11H18N2O2/c14-11-13(8-3-2-6-12-7-8)9-4-1-5-10(9)15-11/h8-10,12H,1-7H2. The summed E-state index contributed by atoms with van der Waals surface area (Å²) in [6, 6.07) is 0.752. The molecule has 4 nitrogen and oxygen atoms in total. The molecule has 2 aliphatic heterocycles. The van der Waals surface area contributed by atoms with Crippen LogP contribution in [-0.4, -0.2) is 42.3 Å². The molecule has 3 fully saturated rings. The number of carbonyl (C=O) groups excluding carboxylic acids is 1. The van der Waals surface area contributed by atoms with Gasteiger partial charge in [-0.3, -0.25) is 4.90 Å². The zero-order chi connectivity index (χ0) is 10.3. The highest BCUT2D eigenvalue weighted by Gasteiger charge is 2.47. The van der Waals surface area contributed by atoms with Crippen LogP contribution < -0.4 is 5.32 Å². The van der Waals surface area contributed by atoms with E-state index in [4.69, 9.17) is 4.74 Å². The quantitative estimate of drug-likeness (QED) is 0.705. The second-order valence-corrected chi connectivity index (χ2v) is 4.83. The smallest absolute Gasteiger partial charge is 0.410 e. The molecule has 1 N–H and O–H groups in total. The van der Waals surface area contributed by atoms with Gasteiger partial charge in [0.15, 0.2) is 0 Å². The molecule has 0 aromatic carbocycles. The van der Waals surface area contributed by atoms with Gasteiger partial charge in [0.25, 0.3) is 0 Å². The van der Waals surface area contributed by atoms with Crippen molar-refractivity contribution in [3.63, 3.8) is 0 Å². The number of carbonyl (C=O) groups is 1. The minimum atomic E-state index is -0.0709. The Bertz CT molecular complexity index is 263. The van der Waals surface area contributed by atoms with Gasteiger partial charge in [-0.25, -0.2) is 4.79 Å². The van der Waals surface area contributed by atoms with Crippen LogP contribution in [0.3, 0.4) is 0 Å². The summed E-state index contributed by atoms with van der Waals surface area (Å²) in [4.78, 5) is 13.8. The molecule has 1 amide bonds. The van der Waals surface area contributed by atoms with Crippen molar-refractivity contribution < 1.29 is 9.53 Å². The van der Waals surface area contributed by atoms with Gasteiger partial charge >= 0.3 is 6.09 Å². The van der Waals surface area contributed by atoms with Gasteiger partial charge in [-0.05, 0) is 38.6 Å². The number of fused-ring (bicyclic) bond motifs is 1. The van der Waals surface area contributed by atoms with Gasteiger partial charge < -0.3 is 10.1 Å². The third-order valence-corrected chi connectivity index (χ3v) is 3.90. The van der Waals surface area contributed by atoms with E-state index in [2.05, 4.69) is 5.32 Å². The Morgan fingerprint density at radius 2 is 2.20 bits per heavy atom. The number of nitrogens with zero attached hydrogens (tertiary/aromatic N) is 1. The maximum atomic E-state index is 11.8. The summed E-state index contributed by atoms with van der Waals surface area (Å²) < 4.78 is 5.41. The lowest BCUT2D eigenvalue weighted by molar-refractivity contribution is 0.121. The zero-order valence-electron chi connectivity index (χ0n) is 8.95. The van der Waals surface area contributed by atoms with Crippen LogP contribution in [0.2, 0.25) is 0 Å². The van der Waals surface area contributed by atoms with Crippen LogP contribution in [-0.2, 0) is 4.74 Å². The highest BCUT2D eigenvalue weighted by molar-refractivity contribution is 5.71. The summed E-state index contributed by atoms with van der Waals surface area (Å²) >= 11 is 0. The van der Waals surface area contributed by atoms with Crippen LogP contribution in [0.5, 0.6) is 0 Å². The van der Waals surface area contributed by atoms with Crippen LogP contribution >= 0.6 is 0 Å². The fraction of sp³-hybridized carbons (Fsp3) is 0.909. The predicted molar refractivity (Wildman–Crippen MR) is 55.6 cm³/mol. The molecule has 1 aliphatic carbocycles. The maximum Gasteiger partial charge on any atom is 0.410 e. The summed E-state index contributed by atoms with van der Waals surface area (Å²) in [6.45, 7) is 2.03.